The first kappa shape index (κ1) is 45.0. The number of carboxylic acids is 1. The SMILES string of the molecule is COC(=O)c1ncc(OCc2ncco2)cc1C.Cc1cc(O)cnc1Br.Cc1cc(OCc2ncco2)cnc1Br.Cc1cc(OCc2ncco2)cnc1C(=O)O. The van der Waals surface area contributed by atoms with Crippen molar-refractivity contribution in [1.82, 2.24) is 34.9 Å². The summed E-state index contributed by atoms with van der Waals surface area (Å²) in [5.41, 5.74) is 3.50. The first-order valence-electron chi connectivity index (χ1n) is 17.0. The molecule has 0 aliphatic heterocycles. The van der Waals surface area contributed by atoms with Gasteiger partial charge in [0, 0.05) is 0 Å². The maximum absolute atomic E-state index is 11.3. The van der Waals surface area contributed by atoms with Crippen LogP contribution in [-0.2, 0) is 24.6 Å². The van der Waals surface area contributed by atoms with Crippen LogP contribution in [0.3, 0.4) is 0 Å². The Morgan fingerprint density at radius 1 is 0.576 bits per heavy atom. The van der Waals surface area contributed by atoms with E-state index in [-0.39, 0.29) is 30.4 Å². The van der Waals surface area contributed by atoms with Crippen molar-refractivity contribution in [3.05, 3.63) is 147 Å². The molecule has 0 aromatic carbocycles. The maximum Gasteiger partial charge on any atom is 0.356 e. The average Bonchev–Trinajstić information content (AvgIpc) is 4.04. The van der Waals surface area contributed by atoms with Gasteiger partial charge < -0.3 is 42.4 Å². The summed E-state index contributed by atoms with van der Waals surface area (Å²) in [4.78, 5) is 49.6. The largest absolute Gasteiger partial charge is 0.506 e. The van der Waals surface area contributed by atoms with Gasteiger partial charge in [-0.1, -0.05) is 0 Å². The number of nitrogens with zero attached hydrogens (tertiary/aromatic N) is 7. The Morgan fingerprint density at radius 3 is 1.31 bits per heavy atom. The highest BCUT2D eigenvalue weighted by Crippen LogP contribution is 2.20. The molecule has 2 N–H and O–H groups in total. The number of pyridine rings is 4. The number of ether oxygens (including phenoxy) is 4. The van der Waals surface area contributed by atoms with Crippen LogP contribution in [0.2, 0.25) is 0 Å². The van der Waals surface area contributed by atoms with Crippen LogP contribution in [0.4, 0.5) is 0 Å². The highest BCUT2D eigenvalue weighted by atomic mass is 79.9. The molecule has 0 amide bonds. The summed E-state index contributed by atoms with van der Waals surface area (Å²) in [5, 5.41) is 17.7. The summed E-state index contributed by atoms with van der Waals surface area (Å²) in [6.45, 7) is 7.96. The molecule has 0 unspecified atom stereocenters. The fourth-order valence-corrected chi connectivity index (χ4v) is 4.79. The van der Waals surface area contributed by atoms with Gasteiger partial charge in [0.05, 0.1) is 50.5 Å². The van der Waals surface area contributed by atoms with E-state index >= 15 is 0 Å². The van der Waals surface area contributed by atoms with Gasteiger partial charge in [0.25, 0.3) is 0 Å². The quantitative estimate of drug-likeness (QED) is 0.0922. The molecule has 308 valence electrons. The van der Waals surface area contributed by atoms with E-state index in [1.165, 1.54) is 50.7 Å². The summed E-state index contributed by atoms with van der Waals surface area (Å²) in [5.74, 6) is 1.88. The van der Waals surface area contributed by atoms with Gasteiger partial charge in [0.2, 0.25) is 17.7 Å². The Balaban J connectivity index is 0.000000178. The molecule has 7 aromatic heterocycles. The predicted octanol–water partition coefficient (Wildman–Crippen LogP) is 7.98. The number of aromatic nitrogens is 7. The third-order valence-corrected chi connectivity index (χ3v) is 8.87. The molecule has 18 nitrogen and oxygen atoms in total. The van der Waals surface area contributed by atoms with Crippen LogP contribution in [0, 0.1) is 27.7 Å². The fourth-order valence-electron chi connectivity index (χ4n) is 4.35. The lowest BCUT2D eigenvalue weighted by molar-refractivity contribution is 0.0592. The predicted molar refractivity (Wildman–Crippen MR) is 214 cm³/mol. The lowest BCUT2D eigenvalue weighted by atomic mass is 10.2. The second-order valence-corrected chi connectivity index (χ2v) is 13.2. The monoisotopic (exact) mass is 937 g/mol. The third-order valence-electron chi connectivity index (χ3n) is 7.21. The van der Waals surface area contributed by atoms with Crippen molar-refractivity contribution in [3.63, 3.8) is 0 Å². The minimum atomic E-state index is -1.05. The van der Waals surface area contributed by atoms with E-state index in [2.05, 4.69) is 71.5 Å². The van der Waals surface area contributed by atoms with Gasteiger partial charge in [-0.05, 0) is 106 Å². The highest BCUT2D eigenvalue weighted by molar-refractivity contribution is 9.10. The van der Waals surface area contributed by atoms with Crippen LogP contribution in [0.1, 0.15) is 60.9 Å². The molecule has 0 aliphatic rings. The molecule has 7 rings (SSSR count). The van der Waals surface area contributed by atoms with E-state index < -0.39 is 11.9 Å². The molecule has 0 aliphatic carbocycles. The molecule has 0 saturated carbocycles. The number of aryl methyl sites for hydroxylation is 4. The van der Waals surface area contributed by atoms with E-state index in [0.29, 0.717) is 52.7 Å². The lowest BCUT2D eigenvalue weighted by Gasteiger charge is -2.06. The number of esters is 1. The normalized spacial score (nSPS) is 10.1. The first-order valence-corrected chi connectivity index (χ1v) is 18.6. The van der Waals surface area contributed by atoms with Crippen molar-refractivity contribution in [1.29, 1.82) is 0 Å². The summed E-state index contributed by atoms with van der Waals surface area (Å²) in [7, 11) is 1.32. The lowest BCUT2D eigenvalue weighted by Crippen LogP contribution is -2.07. The molecular weight excluding hydrogens is 902 g/mol. The molecule has 0 fully saturated rings. The van der Waals surface area contributed by atoms with E-state index in [9.17, 15) is 9.59 Å². The molecule has 0 bridgehead atoms. The van der Waals surface area contributed by atoms with Crippen molar-refractivity contribution in [2.45, 2.75) is 47.5 Å². The Kier molecular flexibility index (Phi) is 17.5. The summed E-state index contributed by atoms with van der Waals surface area (Å²) in [6.07, 6.45) is 15.0. The van der Waals surface area contributed by atoms with Crippen molar-refractivity contribution in [2.75, 3.05) is 7.11 Å². The third kappa shape index (κ3) is 15.0. The van der Waals surface area contributed by atoms with E-state index in [4.69, 9.17) is 37.7 Å². The minimum absolute atomic E-state index is 0.0217. The number of hydrogen-bond donors (Lipinski definition) is 2. The Morgan fingerprint density at radius 2 is 0.966 bits per heavy atom. The van der Waals surface area contributed by atoms with Crippen molar-refractivity contribution >= 4 is 43.8 Å². The Hall–Kier alpha value is -6.67. The summed E-state index contributed by atoms with van der Waals surface area (Å²) >= 11 is 6.53. The smallest absolute Gasteiger partial charge is 0.356 e. The second kappa shape index (κ2) is 22.9. The Labute approximate surface area is 353 Å². The molecule has 20 heteroatoms. The molecule has 7 heterocycles. The number of oxazole rings is 3. The second-order valence-electron chi connectivity index (χ2n) is 11.7. The molecule has 0 spiro atoms. The van der Waals surface area contributed by atoms with Crippen molar-refractivity contribution in [2.24, 2.45) is 0 Å². The number of hydrogen-bond acceptors (Lipinski definition) is 17. The standard InChI is InChI=1S/C12H12N2O4.C11H10N2O4.C10H9BrN2O2.C6H6BrNO/c1-8-5-9(6-14-11(8)12(15)16-2)18-7-10-13-3-4-17-10;1-7-4-8(5-13-10(7)11(14)15)17-6-9-12-2-3-16-9;1-7-4-8(5-13-10(7)11)15-6-9-12-2-3-14-9;1-4-2-5(9)3-8-6(4)7/h3-6H,7H2,1-2H3;2-5H,6H2,1H3,(H,14,15);2-5H,6H2,1H3;2-3,9H,1H3. The van der Waals surface area contributed by atoms with Crippen LogP contribution in [0.15, 0.2) is 109 Å². The average molecular weight is 940 g/mol. The molecule has 0 atom stereocenters. The van der Waals surface area contributed by atoms with Crippen LogP contribution < -0.4 is 14.2 Å². The van der Waals surface area contributed by atoms with Gasteiger partial charge in [0.15, 0.2) is 31.2 Å². The maximum atomic E-state index is 11.3. The van der Waals surface area contributed by atoms with E-state index in [1.807, 2.05) is 19.9 Å². The van der Waals surface area contributed by atoms with Crippen LogP contribution in [-0.4, -0.2) is 64.1 Å². The van der Waals surface area contributed by atoms with Crippen LogP contribution in [0.25, 0.3) is 0 Å². The number of carboxylic acid groups (broad SMARTS) is 1. The van der Waals surface area contributed by atoms with E-state index in [0.717, 1.165) is 20.3 Å². The van der Waals surface area contributed by atoms with Gasteiger partial charge in [-0.2, -0.15) is 0 Å². The van der Waals surface area contributed by atoms with Gasteiger partial charge >= 0.3 is 11.9 Å². The highest BCUT2D eigenvalue weighted by Gasteiger charge is 2.13. The number of carbonyl (C=O) groups is 2. The van der Waals surface area contributed by atoms with Gasteiger partial charge in [-0.25, -0.2) is 44.5 Å². The van der Waals surface area contributed by atoms with Gasteiger partial charge in [0.1, 0.15) is 51.0 Å². The summed E-state index contributed by atoms with van der Waals surface area (Å²) < 4.78 is 37.5. The van der Waals surface area contributed by atoms with Crippen LogP contribution in [0.5, 0.6) is 23.0 Å². The number of aromatic carboxylic acids is 1. The molecule has 59 heavy (non-hydrogen) atoms. The van der Waals surface area contributed by atoms with E-state index in [1.54, 1.807) is 50.6 Å². The first-order chi connectivity index (χ1) is 28.3. The molecule has 0 radical (unpaired) electrons. The number of rotatable bonds is 11. The molecular formula is C39H37Br2N7O11. The molecule has 7 aromatic rings. The van der Waals surface area contributed by atoms with Crippen molar-refractivity contribution in [3.8, 4) is 23.0 Å². The topological polar surface area (TPSA) is 241 Å². The number of halogens is 2. The van der Waals surface area contributed by atoms with Crippen molar-refractivity contribution < 1.29 is 52.0 Å². The Bertz CT molecular complexity index is 2380. The van der Waals surface area contributed by atoms with Gasteiger partial charge in [-0.15, -0.1) is 0 Å². The zero-order chi connectivity index (χ0) is 42.7. The number of carbonyl (C=O) groups excluding carboxylic acids is 1. The fraction of sp³-hybridized carbons (Fsp3) is 0.205. The minimum Gasteiger partial charge on any atom is -0.506 e. The zero-order valence-electron chi connectivity index (χ0n) is 32.2. The van der Waals surface area contributed by atoms with Gasteiger partial charge in [-0.3, -0.25) is 0 Å². The zero-order valence-corrected chi connectivity index (χ0v) is 35.3. The number of aromatic hydroxyl groups is 1. The molecule has 0 saturated heterocycles. The van der Waals surface area contributed by atoms with Crippen LogP contribution >= 0.6 is 31.9 Å². The summed E-state index contributed by atoms with van der Waals surface area (Å²) in [6, 6.07) is 6.87. The number of methoxy groups -OCH3 is 1.